The van der Waals surface area contributed by atoms with Crippen LogP contribution in [0.15, 0.2) is 59.5 Å². The molecule has 7 nitrogen and oxygen atoms in total. The van der Waals surface area contributed by atoms with Crippen molar-refractivity contribution in [1.29, 1.82) is 5.26 Å². The summed E-state index contributed by atoms with van der Waals surface area (Å²) in [5.74, 6) is 0.547. The number of benzene rings is 2. The molecule has 0 atom stereocenters. The van der Waals surface area contributed by atoms with Gasteiger partial charge in [0.1, 0.15) is 0 Å². The van der Waals surface area contributed by atoms with Gasteiger partial charge < -0.3 is 5.32 Å². The smallest absolute Gasteiger partial charge is 0.263 e. The van der Waals surface area contributed by atoms with Gasteiger partial charge in [-0.25, -0.2) is 8.42 Å². The Balaban J connectivity index is 1.76. The highest BCUT2D eigenvalue weighted by atomic mass is 32.2. The summed E-state index contributed by atoms with van der Waals surface area (Å²) in [5.41, 5.74) is 2.85. The molecule has 0 aliphatic rings. The molecule has 2 aromatic carbocycles. The Hall–Kier alpha value is -3.44. The quantitative estimate of drug-likeness (QED) is 0.702. The molecule has 27 heavy (non-hydrogen) atoms. The molecule has 0 aliphatic carbocycles. The summed E-state index contributed by atoms with van der Waals surface area (Å²) in [4.78, 5) is 0.199. The van der Waals surface area contributed by atoms with E-state index in [9.17, 15) is 8.42 Å². The number of nitriles is 1. The maximum atomic E-state index is 12.6. The van der Waals surface area contributed by atoms with Crippen LogP contribution in [-0.4, -0.2) is 18.6 Å². The molecule has 0 saturated carbocycles. The Bertz CT molecular complexity index is 1120. The summed E-state index contributed by atoms with van der Waals surface area (Å²) in [7, 11) is -3.75. The largest absolute Gasteiger partial charge is 0.339 e. The minimum absolute atomic E-state index is 0.117. The monoisotopic (exact) mass is 379 g/mol. The van der Waals surface area contributed by atoms with Crippen molar-refractivity contribution in [2.24, 2.45) is 0 Å². The number of hydrogen-bond acceptors (Lipinski definition) is 6. The third-order valence-electron chi connectivity index (χ3n) is 3.79. The van der Waals surface area contributed by atoms with Gasteiger partial charge in [0.05, 0.1) is 16.5 Å². The molecule has 1 heterocycles. The van der Waals surface area contributed by atoms with Crippen molar-refractivity contribution in [3.05, 3.63) is 71.3 Å². The second kappa shape index (κ2) is 7.43. The maximum absolute atomic E-state index is 12.6. The first-order valence-electron chi connectivity index (χ1n) is 8.08. The number of sulfonamides is 1. The summed E-state index contributed by atoms with van der Waals surface area (Å²) in [6, 6.07) is 17.2. The molecule has 136 valence electrons. The molecular formula is C19H17N5O2S. The van der Waals surface area contributed by atoms with Gasteiger partial charge in [-0.05, 0) is 55.8 Å². The fourth-order valence-corrected chi connectivity index (χ4v) is 3.79. The average Bonchev–Trinajstić information content (AvgIpc) is 2.63. The number of nitrogens with zero attached hydrogens (tertiary/aromatic N) is 3. The van der Waals surface area contributed by atoms with Crippen LogP contribution < -0.4 is 10.0 Å². The Morgan fingerprint density at radius 3 is 2.37 bits per heavy atom. The third kappa shape index (κ3) is 4.40. The van der Waals surface area contributed by atoms with E-state index >= 15 is 0 Å². The molecule has 0 radical (unpaired) electrons. The van der Waals surface area contributed by atoms with Crippen LogP contribution in [0, 0.1) is 25.2 Å². The van der Waals surface area contributed by atoms with Gasteiger partial charge >= 0.3 is 0 Å². The van der Waals surface area contributed by atoms with Crippen LogP contribution in [-0.2, 0) is 10.0 Å². The molecule has 0 aliphatic heterocycles. The van der Waals surface area contributed by atoms with Gasteiger partial charge in [-0.3, -0.25) is 4.72 Å². The van der Waals surface area contributed by atoms with E-state index in [1.165, 1.54) is 6.07 Å². The Morgan fingerprint density at radius 1 is 0.963 bits per heavy atom. The molecule has 8 heteroatoms. The van der Waals surface area contributed by atoms with Gasteiger partial charge in [0, 0.05) is 5.69 Å². The van der Waals surface area contributed by atoms with Crippen LogP contribution in [0.2, 0.25) is 0 Å². The van der Waals surface area contributed by atoms with Crippen LogP contribution in [0.1, 0.15) is 16.7 Å². The zero-order valence-electron chi connectivity index (χ0n) is 14.8. The minimum atomic E-state index is -3.75. The van der Waals surface area contributed by atoms with Gasteiger partial charge in [-0.2, -0.15) is 5.26 Å². The van der Waals surface area contributed by atoms with E-state index in [1.54, 1.807) is 49.4 Å². The first-order valence-corrected chi connectivity index (χ1v) is 9.57. The highest BCUT2D eigenvalue weighted by Crippen LogP contribution is 2.20. The minimum Gasteiger partial charge on any atom is -0.339 e. The topological polar surface area (TPSA) is 108 Å². The Morgan fingerprint density at radius 2 is 1.70 bits per heavy atom. The molecule has 3 rings (SSSR count). The lowest BCUT2D eigenvalue weighted by atomic mass is 10.2. The predicted molar refractivity (Wildman–Crippen MR) is 103 cm³/mol. The number of anilines is 3. The molecule has 0 unspecified atom stereocenters. The van der Waals surface area contributed by atoms with E-state index in [-0.39, 0.29) is 10.7 Å². The maximum Gasteiger partial charge on any atom is 0.263 e. The van der Waals surface area contributed by atoms with E-state index in [1.807, 2.05) is 13.0 Å². The molecule has 0 fully saturated rings. The second-order valence-electron chi connectivity index (χ2n) is 6.00. The van der Waals surface area contributed by atoms with Crippen LogP contribution in [0.5, 0.6) is 0 Å². The lowest BCUT2D eigenvalue weighted by molar-refractivity contribution is 0.600. The summed E-state index contributed by atoms with van der Waals surface area (Å²) < 4.78 is 27.5. The van der Waals surface area contributed by atoms with E-state index in [0.29, 0.717) is 22.6 Å². The molecule has 0 amide bonds. The standard InChI is InChI=1S/C19H17N5O2S/c1-13-6-7-17(14(2)10-13)27(25,26)24-19-9-8-18(22-23-19)21-16-5-3-4-15(11-16)12-20/h3-11H,1-2H3,(H,21,22)(H,23,24). The van der Waals surface area contributed by atoms with E-state index in [4.69, 9.17) is 5.26 Å². The van der Waals surface area contributed by atoms with Gasteiger partial charge in [-0.15, -0.1) is 10.2 Å². The summed E-state index contributed by atoms with van der Waals surface area (Å²) >= 11 is 0. The second-order valence-corrected chi connectivity index (χ2v) is 7.65. The first-order chi connectivity index (χ1) is 12.9. The van der Waals surface area contributed by atoms with Crippen molar-refractivity contribution in [2.75, 3.05) is 10.0 Å². The highest BCUT2D eigenvalue weighted by molar-refractivity contribution is 7.92. The third-order valence-corrected chi connectivity index (χ3v) is 5.30. The van der Waals surface area contributed by atoms with Crippen LogP contribution >= 0.6 is 0 Å². The van der Waals surface area contributed by atoms with E-state index in [2.05, 4.69) is 26.3 Å². The lowest BCUT2D eigenvalue weighted by Crippen LogP contribution is -2.15. The molecular weight excluding hydrogens is 362 g/mol. The molecule has 1 aromatic heterocycles. The van der Waals surface area contributed by atoms with Crippen LogP contribution in [0.4, 0.5) is 17.3 Å². The predicted octanol–water partition coefficient (Wildman–Crippen LogP) is 3.51. The number of rotatable bonds is 5. The summed E-state index contributed by atoms with van der Waals surface area (Å²) in [6.07, 6.45) is 0. The van der Waals surface area contributed by atoms with Gasteiger partial charge in [0.2, 0.25) is 0 Å². The van der Waals surface area contributed by atoms with Crippen molar-refractivity contribution in [2.45, 2.75) is 18.7 Å². The zero-order chi connectivity index (χ0) is 19.4. The van der Waals surface area contributed by atoms with E-state index in [0.717, 1.165) is 5.56 Å². The molecule has 2 N–H and O–H groups in total. The van der Waals surface area contributed by atoms with Crippen molar-refractivity contribution >= 4 is 27.3 Å². The highest BCUT2D eigenvalue weighted by Gasteiger charge is 2.17. The fourth-order valence-electron chi connectivity index (χ4n) is 2.56. The normalized spacial score (nSPS) is 10.9. The zero-order valence-corrected chi connectivity index (χ0v) is 15.6. The molecule has 0 bridgehead atoms. The fraction of sp³-hybridized carbons (Fsp3) is 0.105. The molecule has 0 spiro atoms. The number of hydrogen-bond donors (Lipinski definition) is 2. The van der Waals surface area contributed by atoms with Crippen LogP contribution in [0.3, 0.4) is 0 Å². The molecule has 3 aromatic rings. The summed E-state index contributed by atoms with van der Waals surface area (Å²) in [6.45, 7) is 3.65. The SMILES string of the molecule is Cc1ccc(S(=O)(=O)Nc2ccc(Nc3cccc(C#N)c3)nn2)c(C)c1. The summed E-state index contributed by atoms with van der Waals surface area (Å²) in [5, 5.41) is 19.8. The molecule has 0 saturated heterocycles. The van der Waals surface area contributed by atoms with E-state index < -0.39 is 10.0 Å². The first kappa shape index (κ1) is 18.4. The lowest BCUT2D eigenvalue weighted by Gasteiger charge is -2.10. The van der Waals surface area contributed by atoms with Gasteiger partial charge in [0.25, 0.3) is 10.0 Å². The average molecular weight is 379 g/mol. The van der Waals surface area contributed by atoms with Crippen LogP contribution in [0.25, 0.3) is 0 Å². The van der Waals surface area contributed by atoms with Gasteiger partial charge in [0.15, 0.2) is 11.6 Å². The number of nitrogens with one attached hydrogen (secondary N) is 2. The van der Waals surface area contributed by atoms with Crippen molar-refractivity contribution in [1.82, 2.24) is 10.2 Å². The van der Waals surface area contributed by atoms with Gasteiger partial charge in [-0.1, -0.05) is 23.8 Å². The number of aryl methyl sites for hydroxylation is 2. The van der Waals surface area contributed by atoms with Crippen molar-refractivity contribution in [3.63, 3.8) is 0 Å². The Kier molecular flexibility index (Phi) is 5.05. The Labute approximate surface area is 157 Å². The van der Waals surface area contributed by atoms with Crippen molar-refractivity contribution in [3.8, 4) is 6.07 Å². The van der Waals surface area contributed by atoms with Crippen molar-refractivity contribution < 1.29 is 8.42 Å². The number of aromatic nitrogens is 2.